The first-order chi connectivity index (χ1) is 8.86. The molecule has 0 spiro atoms. The van der Waals surface area contributed by atoms with Crippen LogP contribution in [0.1, 0.15) is 26.7 Å². The molecule has 8 nitrogen and oxygen atoms in total. The minimum absolute atomic E-state index is 0.431. The van der Waals surface area contributed by atoms with Crippen LogP contribution in [0.4, 0.5) is 4.79 Å². The number of primary amides is 1. The Morgan fingerprint density at radius 3 is 2.32 bits per heavy atom. The van der Waals surface area contributed by atoms with E-state index >= 15 is 0 Å². The van der Waals surface area contributed by atoms with Gasteiger partial charge in [0.1, 0.15) is 12.1 Å². The molecule has 3 N–H and O–H groups in total. The summed E-state index contributed by atoms with van der Waals surface area (Å²) in [5.74, 6) is -2.12. The number of amides is 4. The third-order valence-electron chi connectivity index (χ3n) is 3.12. The van der Waals surface area contributed by atoms with Gasteiger partial charge in [-0.1, -0.05) is 13.8 Å². The molecule has 0 atom stereocenters. The van der Waals surface area contributed by atoms with Crippen LogP contribution in [0, 0.1) is 0 Å². The number of hydrogen-bond donors (Lipinski definition) is 2. The molecule has 1 rings (SSSR count). The van der Waals surface area contributed by atoms with E-state index in [0.717, 1.165) is 4.90 Å². The predicted molar refractivity (Wildman–Crippen MR) is 63.7 cm³/mol. The molecule has 1 fully saturated rings. The van der Waals surface area contributed by atoms with Crippen LogP contribution in [0.15, 0.2) is 0 Å². The van der Waals surface area contributed by atoms with E-state index in [-0.39, 0.29) is 0 Å². The number of esters is 1. The number of urea groups is 1. The summed E-state index contributed by atoms with van der Waals surface area (Å²) in [6.07, 6.45) is 0.863. The average molecular weight is 271 g/mol. The van der Waals surface area contributed by atoms with Gasteiger partial charge in [-0.3, -0.25) is 19.3 Å². The second-order valence-corrected chi connectivity index (χ2v) is 4.24. The second kappa shape index (κ2) is 5.68. The zero-order valence-corrected chi connectivity index (χ0v) is 10.9. The summed E-state index contributed by atoms with van der Waals surface area (Å²) in [5.41, 5.74) is 3.86. The Morgan fingerprint density at radius 1 is 1.32 bits per heavy atom. The van der Waals surface area contributed by atoms with Crippen molar-refractivity contribution >= 4 is 23.8 Å². The molecule has 8 heteroatoms. The largest absolute Gasteiger partial charge is 0.454 e. The number of hydrogen-bond acceptors (Lipinski definition) is 5. The molecule has 1 heterocycles. The summed E-state index contributed by atoms with van der Waals surface area (Å²) in [4.78, 5) is 46.4. The van der Waals surface area contributed by atoms with Crippen LogP contribution in [0.3, 0.4) is 0 Å². The van der Waals surface area contributed by atoms with Gasteiger partial charge in [-0.05, 0) is 12.8 Å². The third-order valence-corrected chi connectivity index (χ3v) is 3.12. The summed E-state index contributed by atoms with van der Waals surface area (Å²) >= 11 is 0. The van der Waals surface area contributed by atoms with Gasteiger partial charge in [-0.2, -0.15) is 0 Å². The number of nitrogens with zero attached hydrogens (tertiary/aromatic N) is 1. The molecule has 1 aliphatic heterocycles. The van der Waals surface area contributed by atoms with E-state index in [1.807, 2.05) is 0 Å². The van der Waals surface area contributed by atoms with E-state index in [1.165, 1.54) is 0 Å². The summed E-state index contributed by atoms with van der Waals surface area (Å²) in [7, 11) is 0. The van der Waals surface area contributed by atoms with Crippen LogP contribution in [0.2, 0.25) is 0 Å². The van der Waals surface area contributed by atoms with Crippen LogP contribution in [-0.2, 0) is 19.1 Å². The third kappa shape index (κ3) is 3.01. The molecule has 0 radical (unpaired) electrons. The SMILES string of the molecule is CCC1(CC)NC(=O)N(CC(=O)OCC(N)=O)C1=O. The molecule has 0 saturated carbocycles. The van der Waals surface area contributed by atoms with Crippen molar-refractivity contribution in [1.82, 2.24) is 10.2 Å². The number of nitrogens with two attached hydrogens (primary N) is 1. The van der Waals surface area contributed by atoms with Crippen LogP contribution < -0.4 is 11.1 Å². The Morgan fingerprint density at radius 2 is 1.89 bits per heavy atom. The maximum Gasteiger partial charge on any atom is 0.326 e. The van der Waals surface area contributed by atoms with Crippen molar-refractivity contribution in [2.45, 2.75) is 32.2 Å². The lowest BCUT2D eigenvalue weighted by Crippen LogP contribution is -2.46. The number of imide groups is 1. The highest BCUT2D eigenvalue weighted by Gasteiger charge is 2.49. The second-order valence-electron chi connectivity index (χ2n) is 4.24. The van der Waals surface area contributed by atoms with Gasteiger partial charge < -0.3 is 15.8 Å². The Bertz CT molecular complexity index is 417. The van der Waals surface area contributed by atoms with Gasteiger partial charge in [0.05, 0.1) is 0 Å². The van der Waals surface area contributed by atoms with E-state index in [1.54, 1.807) is 13.8 Å². The van der Waals surface area contributed by atoms with Crippen molar-refractivity contribution in [1.29, 1.82) is 0 Å². The zero-order chi connectivity index (χ0) is 14.6. The fraction of sp³-hybridized carbons (Fsp3) is 0.636. The van der Waals surface area contributed by atoms with E-state index in [0.29, 0.717) is 12.8 Å². The fourth-order valence-corrected chi connectivity index (χ4v) is 1.88. The van der Waals surface area contributed by atoms with Gasteiger partial charge in [0.25, 0.3) is 11.8 Å². The first-order valence-corrected chi connectivity index (χ1v) is 5.94. The van der Waals surface area contributed by atoms with Gasteiger partial charge in [0.15, 0.2) is 6.61 Å². The molecule has 1 aliphatic rings. The number of ether oxygens (including phenoxy) is 1. The zero-order valence-electron chi connectivity index (χ0n) is 10.9. The van der Waals surface area contributed by atoms with E-state index in [4.69, 9.17) is 5.73 Å². The highest BCUT2D eigenvalue weighted by molar-refractivity contribution is 6.08. The lowest BCUT2D eigenvalue weighted by molar-refractivity contribution is -0.150. The predicted octanol–water partition coefficient (Wildman–Crippen LogP) is -0.874. The summed E-state index contributed by atoms with van der Waals surface area (Å²) in [6, 6.07) is -0.635. The molecule has 0 bridgehead atoms. The van der Waals surface area contributed by atoms with Crippen molar-refractivity contribution < 1.29 is 23.9 Å². The number of carbonyl (C=O) groups excluding carboxylic acids is 4. The Balaban J connectivity index is 2.69. The van der Waals surface area contributed by atoms with Crippen molar-refractivity contribution in [3.63, 3.8) is 0 Å². The van der Waals surface area contributed by atoms with Crippen molar-refractivity contribution in [3.8, 4) is 0 Å². The molecular weight excluding hydrogens is 254 g/mol. The Labute approximate surface area is 110 Å². The monoisotopic (exact) mass is 271 g/mol. The Kier molecular flexibility index (Phi) is 4.47. The first-order valence-electron chi connectivity index (χ1n) is 5.94. The molecule has 0 aromatic rings. The molecule has 0 aromatic carbocycles. The normalized spacial score (nSPS) is 17.3. The minimum atomic E-state index is -0.957. The highest BCUT2D eigenvalue weighted by atomic mass is 16.5. The minimum Gasteiger partial charge on any atom is -0.454 e. The summed E-state index contributed by atoms with van der Waals surface area (Å²) in [5, 5.41) is 2.57. The number of rotatable bonds is 6. The standard InChI is InChI=1S/C11H17N3O5/c1-3-11(4-2)9(17)14(10(18)13-11)5-8(16)19-6-7(12)15/h3-6H2,1-2H3,(H2,12,15)(H,13,18). The first kappa shape index (κ1) is 14.9. The molecule has 0 aromatic heterocycles. The summed E-state index contributed by atoms with van der Waals surface area (Å²) in [6.45, 7) is 2.45. The molecule has 0 aliphatic carbocycles. The fourth-order valence-electron chi connectivity index (χ4n) is 1.88. The molecule has 1 saturated heterocycles. The van der Waals surface area contributed by atoms with Crippen LogP contribution in [0.25, 0.3) is 0 Å². The van der Waals surface area contributed by atoms with E-state index < -0.39 is 42.5 Å². The maximum absolute atomic E-state index is 12.1. The topological polar surface area (TPSA) is 119 Å². The Hall–Kier alpha value is -2.12. The van der Waals surface area contributed by atoms with Gasteiger partial charge >= 0.3 is 12.0 Å². The number of carbonyl (C=O) groups is 4. The molecular formula is C11H17N3O5. The molecule has 106 valence electrons. The quantitative estimate of drug-likeness (QED) is 0.480. The van der Waals surface area contributed by atoms with Gasteiger partial charge in [-0.25, -0.2) is 4.79 Å². The van der Waals surface area contributed by atoms with Crippen LogP contribution in [0.5, 0.6) is 0 Å². The lowest BCUT2D eigenvalue weighted by Gasteiger charge is -2.22. The van der Waals surface area contributed by atoms with Crippen LogP contribution >= 0.6 is 0 Å². The highest BCUT2D eigenvalue weighted by Crippen LogP contribution is 2.24. The van der Waals surface area contributed by atoms with Gasteiger partial charge in [-0.15, -0.1) is 0 Å². The average Bonchev–Trinajstić information content (AvgIpc) is 2.61. The van der Waals surface area contributed by atoms with Crippen molar-refractivity contribution in [2.24, 2.45) is 5.73 Å². The molecule has 4 amide bonds. The molecule has 0 unspecified atom stereocenters. The van der Waals surface area contributed by atoms with E-state index in [9.17, 15) is 19.2 Å². The smallest absolute Gasteiger partial charge is 0.326 e. The number of nitrogens with one attached hydrogen (secondary N) is 1. The lowest BCUT2D eigenvalue weighted by atomic mass is 9.93. The summed E-state index contributed by atoms with van der Waals surface area (Å²) < 4.78 is 4.51. The van der Waals surface area contributed by atoms with Gasteiger partial charge in [0, 0.05) is 0 Å². The van der Waals surface area contributed by atoms with Gasteiger partial charge in [0.2, 0.25) is 0 Å². The van der Waals surface area contributed by atoms with Crippen molar-refractivity contribution in [3.05, 3.63) is 0 Å². The van der Waals surface area contributed by atoms with E-state index in [2.05, 4.69) is 10.1 Å². The molecule has 19 heavy (non-hydrogen) atoms. The maximum atomic E-state index is 12.1. The van der Waals surface area contributed by atoms with Crippen molar-refractivity contribution in [2.75, 3.05) is 13.2 Å². The van der Waals surface area contributed by atoms with Crippen LogP contribution in [-0.4, -0.2) is 47.4 Å².